The van der Waals surface area contributed by atoms with E-state index in [0.29, 0.717) is 17.0 Å². The van der Waals surface area contributed by atoms with Crippen molar-refractivity contribution >= 4 is 6.09 Å². The van der Waals surface area contributed by atoms with Crippen LogP contribution in [0.2, 0.25) is 0 Å². The van der Waals surface area contributed by atoms with Gasteiger partial charge in [0.1, 0.15) is 17.2 Å². The number of aromatic amines is 1. The number of hydrogen-bond acceptors (Lipinski definition) is 7. The van der Waals surface area contributed by atoms with Crippen LogP contribution in [0, 0.1) is 41.9 Å². The topological polar surface area (TPSA) is 146 Å². The number of nitriles is 1. The molecule has 1 saturated carbocycles. The largest absolute Gasteiger partial charge is 0.444 e. The molecule has 1 aromatic carbocycles. The fraction of sp³-hybridized carbons (Fsp3) is 0.516. The number of benzene rings is 1. The van der Waals surface area contributed by atoms with Gasteiger partial charge in [-0.3, -0.25) is 5.10 Å². The van der Waals surface area contributed by atoms with Crippen LogP contribution < -0.4 is 15.8 Å². The van der Waals surface area contributed by atoms with Gasteiger partial charge in [0.15, 0.2) is 0 Å². The number of rotatable bonds is 4. The van der Waals surface area contributed by atoms with E-state index in [4.69, 9.17) is 15.2 Å². The first-order valence-electron chi connectivity index (χ1n) is 13.8. The van der Waals surface area contributed by atoms with E-state index in [0.717, 1.165) is 48.1 Å². The number of ether oxygens (including phenoxy) is 2. The normalized spacial score (nSPS) is 22.5. The number of fused-ring (bicyclic) bond motifs is 1. The number of hydrogen-bond donors (Lipinski definition) is 4. The van der Waals surface area contributed by atoms with Crippen LogP contribution in [0.4, 0.5) is 4.79 Å². The summed E-state index contributed by atoms with van der Waals surface area (Å²) in [6, 6.07) is 8.14. The van der Waals surface area contributed by atoms with Crippen LogP contribution in [0.15, 0.2) is 29.7 Å². The molecule has 212 valence electrons. The van der Waals surface area contributed by atoms with Crippen LogP contribution >= 0.6 is 0 Å². The number of H-pyrrole nitrogens is 1. The summed E-state index contributed by atoms with van der Waals surface area (Å²) in [4.78, 5) is 12.1. The van der Waals surface area contributed by atoms with Gasteiger partial charge in [-0.15, -0.1) is 5.10 Å². The van der Waals surface area contributed by atoms with Crippen molar-refractivity contribution in [3.63, 3.8) is 0 Å². The van der Waals surface area contributed by atoms with E-state index in [1.165, 1.54) is 0 Å². The predicted molar refractivity (Wildman–Crippen MR) is 151 cm³/mol. The molecule has 0 spiro atoms. The number of nitrogens with one attached hydrogen (secondary N) is 2. The Morgan fingerprint density at radius 1 is 1.30 bits per heavy atom. The van der Waals surface area contributed by atoms with E-state index in [2.05, 4.69) is 33.4 Å². The van der Waals surface area contributed by atoms with E-state index in [1.54, 1.807) is 0 Å². The number of nitrogens with two attached hydrogens (primary N) is 1. The quantitative estimate of drug-likeness (QED) is 0.408. The zero-order valence-corrected chi connectivity index (χ0v) is 24.1. The van der Waals surface area contributed by atoms with Crippen LogP contribution in [-0.4, -0.2) is 33.0 Å². The molecular formula is C31H39N5O4. The first kappa shape index (κ1) is 29.0. The first-order valence-corrected chi connectivity index (χ1v) is 13.8. The number of aryl methyl sites for hydroxylation is 1. The Bertz CT molecular complexity index is 1410. The third-order valence-corrected chi connectivity index (χ3v) is 7.63. The van der Waals surface area contributed by atoms with Gasteiger partial charge < -0.3 is 25.6 Å². The molecule has 0 unspecified atom stereocenters. The van der Waals surface area contributed by atoms with Crippen LogP contribution in [0.5, 0.6) is 5.88 Å². The SMILES string of the molecule is Cc1[nH]nc2c1[C@](c1cc(C#CC3CCC(NC(=O)OC(C)(C)C)CC3)cc(CO)c1)(C(C)C)C(C#N)=C(N)O2. The van der Waals surface area contributed by atoms with Gasteiger partial charge in [-0.25, -0.2) is 4.79 Å². The van der Waals surface area contributed by atoms with Crippen molar-refractivity contribution in [2.24, 2.45) is 17.6 Å². The maximum Gasteiger partial charge on any atom is 0.407 e. The zero-order chi connectivity index (χ0) is 29.2. The molecular weight excluding hydrogens is 506 g/mol. The van der Waals surface area contributed by atoms with Crippen LogP contribution in [0.3, 0.4) is 0 Å². The molecule has 0 radical (unpaired) electrons. The smallest absolute Gasteiger partial charge is 0.407 e. The number of aliphatic hydroxyl groups is 1. The van der Waals surface area contributed by atoms with E-state index in [-0.39, 0.29) is 36.5 Å². The molecule has 1 amide bonds. The van der Waals surface area contributed by atoms with Crippen LogP contribution in [0.25, 0.3) is 0 Å². The summed E-state index contributed by atoms with van der Waals surface area (Å²) in [5.74, 6) is 7.21. The Hall–Kier alpha value is -3.95. The second kappa shape index (κ2) is 11.3. The third-order valence-electron chi connectivity index (χ3n) is 7.63. The number of amides is 1. The average Bonchev–Trinajstić information content (AvgIpc) is 3.25. The fourth-order valence-electron chi connectivity index (χ4n) is 5.89. The lowest BCUT2D eigenvalue weighted by Crippen LogP contribution is -2.41. The maximum atomic E-state index is 12.1. The van der Waals surface area contributed by atoms with Crippen molar-refractivity contribution in [3.05, 3.63) is 57.6 Å². The Morgan fingerprint density at radius 2 is 2.00 bits per heavy atom. The average molecular weight is 546 g/mol. The molecule has 9 nitrogen and oxygen atoms in total. The first-order chi connectivity index (χ1) is 18.9. The van der Waals surface area contributed by atoms with Gasteiger partial charge in [-0.1, -0.05) is 31.8 Å². The molecule has 2 aliphatic rings. The lowest BCUT2D eigenvalue weighted by atomic mass is 9.61. The number of aromatic nitrogens is 2. The molecule has 40 heavy (non-hydrogen) atoms. The minimum Gasteiger partial charge on any atom is -0.444 e. The van der Waals surface area contributed by atoms with Gasteiger partial charge in [0.25, 0.3) is 0 Å². The fourth-order valence-corrected chi connectivity index (χ4v) is 5.89. The molecule has 5 N–H and O–H groups in total. The maximum absolute atomic E-state index is 12.1. The lowest BCUT2D eigenvalue weighted by Gasteiger charge is -2.41. The van der Waals surface area contributed by atoms with E-state index >= 15 is 0 Å². The highest BCUT2D eigenvalue weighted by molar-refractivity contribution is 5.68. The van der Waals surface area contributed by atoms with Crippen LogP contribution in [0.1, 0.15) is 88.2 Å². The minimum atomic E-state index is -0.934. The molecule has 2 aromatic rings. The molecule has 1 atom stereocenters. The number of carbonyl (C=O) groups excluding carboxylic acids is 1. The lowest BCUT2D eigenvalue weighted by molar-refractivity contribution is 0.0490. The van der Waals surface area contributed by atoms with Gasteiger partial charge >= 0.3 is 6.09 Å². The third kappa shape index (κ3) is 5.66. The summed E-state index contributed by atoms with van der Waals surface area (Å²) >= 11 is 0. The molecule has 0 saturated heterocycles. The van der Waals surface area contributed by atoms with Gasteiger partial charge in [-0.2, -0.15) is 5.26 Å². The van der Waals surface area contributed by atoms with Gasteiger partial charge in [0.05, 0.1) is 17.6 Å². The summed E-state index contributed by atoms with van der Waals surface area (Å²) in [6.07, 6.45) is 3.00. The van der Waals surface area contributed by atoms with Crippen molar-refractivity contribution < 1.29 is 19.4 Å². The van der Waals surface area contributed by atoms with E-state index in [1.807, 2.05) is 59.7 Å². The van der Waals surface area contributed by atoms with E-state index in [9.17, 15) is 15.2 Å². The molecule has 2 heterocycles. The summed E-state index contributed by atoms with van der Waals surface area (Å²) in [5, 5.41) is 30.6. The molecule has 0 bridgehead atoms. The summed E-state index contributed by atoms with van der Waals surface area (Å²) in [7, 11) is 0. The number of allylic oxidation sites excluding steroid dienone is 1. The molecule has 1 aliphatic heterocycles. The monoisotopic (exact) mass is 545 g/mol. The van der Waals surface area contributed by atoms with Gasteiger partial charge in [0, 0.05) is 23.2 Å². The zero-order valence-electron chi connectivity index (χ0n) is 24.1. The Morgan fingerprint density at radius 3 is 2.60 bits per heavy atom. The van der Waals surface area contributed by atoms with Crippen molar-refractivity contribution in [1.29, 1.82) is 5.26 Å². The summed E-state index contributed by atoms with van der Waals surface area (Å²) in [5.41, 5.74) is 8.91. The van der Waals surface area contributed by atoms with E-state index < -0.39 is 11.0 Å². The molecule has 1 aromatic heterocycles. The molecule has 4 rings (SSSR count). The predicted octanol–water partition coefficient (Wildman–Crippen LogP) is 4.67. The Labute approximate surface area is 236 Å². The Balaban J connectivity index is 1.64. The van der Waals surface area contributed by atoms with Crippen molar-refractivity contribution in [3.8, 4) is 23.8 Å². The number of nitrogens with zero attached hydrogens (tertiary/aromatic N) is 2. The number of aliphatic hydroxyl groups excluding tert-OH is 1. The van der Waals surface area contributed by atoms with Crippen molar-refractivity contribution in [2.75, 3.05) is 0 Å². The number of carbonyl (C=O) groups is 1. The van der Waals surface area contributed by atoms with Gasteiger partial charge in [-0.05, 0) is 82.6 Å². The number of alkyl carbamates (subject to hydrolysis) is 1. The van der Waals surface area contributed by atoms with Crippen molar-refractivity contribution in [2.45, 2.75) is 90.9 Å². The summed E-state index contributed by atoms with van der Waals surface area (Å²) in [6.45, 7) is 11.3. The minimum absolute atomic E-state index is 0.0222. The highest BCUT2D eigenvalue weighted by Crippen LogP contribution is 2.52. The molecule has 1 fully saturated rings. The standard InChI is InChI=1S/C31H39N5O4/c1-18(2)31(25(16-32)27(33)39-28-26(31)19(3)35-36-28)23-14-21(13-22(15-23)17-37)8-7-20-9-11-24(12-10-20)34-29(38)40-30(4,5)6/h13-15,18,20,24,37H,9-12,17,33H2,1-6H3,(H,34,38)(H,35,36)/t20?,24?,31-/m0/s1. The summed E-state index contributed by atoms with van der Waals surface area (Å²) < 4.78 is 11.1. The molecule has 9 heteroatoms. The second-order valence-corrected chi connectivity index (χ2v) is 12.0. The van der Waals surface area contributed by atoms with Crippen molar-refractivity contribution in [1.82, 2.24) is 15.5 Å². The highest BCUT2D eigenvalue weighted by atomic mass is 16.6. The van der Waals surface area contributed by atoms with Gasteiger partial charge in [0.2, 0.25) is 11.8 Å². The second-order valence-electron chi connectivity index (χ2n) is 12.0. The molecule has 1 aliphatic carbocycles. The highest BCUT2D eigenvalue weighted by Gasteiger charge is 2.50. The Kier molecular flexibility index (Phi) is 8.18. The van der Waals surface area contributed by atoms with Crippen LogP contribution in [-0.2, 0) is 16.8 Å².